The zero-order valence-corrected chi connectivity index (χ0v) is 11.2. The molecule has 5 heteroatoms. The highest BCUT2D eigenvalue weighted by molar-refractivity contribution is 5.61. The standard InChI is InChI=1S/C15H15N5/c1-11-7-14(8-16)19-15(18-11)20-10-13(9-17-20)12-5-3-2-4-6-12/h2-7,9-10H,8,16H2,1H3. The first-order valence-corrected chi connectivity index (χ1v) is 6.41. The molecule has 0 fully saturated rings. The molecule has 100 valence electrons. The lowest BCUT2D eigenvalue weighted by atomic mass is 10.1. The van der Waals surface area contributed by atoms with E-state index in [0.29, 0.717) is 12.5 Å². The average molecular weight is 265 g/mol. The first kappa shape index (κ1) is 12.5. The summed E-state index contributed by atoms with van der Waals surface area (Å²) in [5.41, 5.74) is 9.48. The molecular formula is C15H15N5. The quantitative estimate of drug-likeness (QED) is 0.787. The Morgan fingerprint density at radius 2 is 1.90 bits per heavy atom. The summed E-state index contributed by atoms with van der Waals surface area (Å²) in [6.07, 6.45) is 3.73. The van der Waals surface area contributed by atoms with Crippen molar-refractivity contribution < 1.29 is 0 Å². The van der Waals surface area contributed by atoms with E-state index in [1.807, 2.05) is 55.7 Å². The molecule has 0 aliphatic carbocycles. The second-order valence-electron chi connectivity index (χ2n) is 4.54. The van der Waals surface area contributed by atoms with E-state index >= 15 is 0 Å². The number of rotatable bonds is 3. The molecule has 0 atom stereocenters. The third kappa shape index (κ3) is 2.44. The first-order chi connectivity index (χ1) is 9.76. The molecule has 0 saturated carbocycles. The van der Waals surface area contributed by atoms with Gasteiger partial charge in [-0.15, -0.1) is 0 Å². The van der Waals surface area contributed by atoms with E-state index in [-0.39, 0.29) is 0 Å². The minimum Gasteiger partial charge on any atom is -0.325 e. The van der Waals surface area contributed by atoms with Crippen LogP contribution in [0.5, 0.6) is 0 Å². The van der Waals surface area contributed by atoms with Crippen molar-refractivity contribution in [2.24, 2.45) is 5.73 Å². The number of nitrogens with two attached hydrogens (primary N) is 1. The lowest BCUT2D eigenvalue weighted by molar-refractivity contribution is 0.783. The van der Waals surface area contributed by atoms with E-state index < -0.39 is 0 Å². The van der Waals surface area contributed by atoms with E-state index in [1.165, 1.54) is 0 Å². The van der Waals surface area contributed by atoms with Crippen LogP contribution in [0.3, 0.4) is 0 Å². The highest BCUT2D eigenvalue weighted by Gasteiger charge is 2.07. The van der Waals surface area contributed by atoms with Gasteiger partial charge in [-0.05, 0) is 18.6 Å². The Morgan fingerprint density at radius 1 is 1.10 bits per heavy atom. The van der Waals surface area contributed by atoms with Gasteiger partial charge >= 0.3 is 0 Å². The van der Waals surface area contributed by atoms with Gasteiger partial charge in [0.15, 0.2) is 0 Å². The molecule has 0 unspecified atom stereocenters. The van der Waals surface area contributed by atoms with Crippen molar-refractivity contribution in [3.05, 3.63) is 60.2 Å². The molecule has 3 rings (SSSR count). The Hall–Kier alpha value is -2.53. The van der Waals surface area contributed by atoms with Gasteiger partial charge in [0.05, 0.1) is 11.9 Å². The zero-order chi connectivity index (χ0) is 13.9. The van der Waals surface area contributed by atoms with Crippen LogP contribution in [0.25, 0.3) is 17.1 Å². The van der Waals surface area contributed by atoms with Gasteiger partial charge < -0.3 is 5.73 Å². The van der Waals surface area contributed by atoms with Crippen LogP contribution in [-0.4, -0.2) is 19.7 Å². The summed E-state index contributed by atoms with van der Waals surface area (Å²) in [6, 6.07) is 12.0. The third-order valence-electron chi connectivity index (χ3n) is 3.00. The van der Waals surface area contributed by atoms with Crippen molar-refractivity contribution in [1.82, 2.24) is 19.7 Å². The normalized spacial score (nSPS) is 10.7. The molecular weight excluding hydrogens is 250 g/mol. The molecule has 0 spiro atoms. The van der Waals surface area contributed by atoms with Gasteiger partial charge in [0.2, 0.25) is 0 Å². The van der Waals surface area contributed by atoms with Crippen LogP contribution >= 0.6 is 0 Å². The van der Waals surface area contributed by atoms with Gasteiger partial charge in [0, 0.05) is 24.0 Å². The van der Waals surface area contributed by atoms with Gasteiger partial charge in [0.1, 0.15) is 0 Å². The van der Waals surface area contributed by atoms with Crippen LogP contribution in [0.2, 0.25) is 0 Å². The Balaban J connectivity index is 2.00. The minimum atomic E-state index is 0.392. The largest absolute Gasteiger partial charge is 0.325 e. The molecule has 0 saturated heterocycles. The summed E-state index contributed by atoms with van der Waals surface area (Å²) in [5.74, 6) is 0.549. The molecule has 0 amide bonds. The van der Waals surface area contributed by atoms with Crippen molar-refractivity contribution in [1.29, 1.82) is 0 Å². The molecule has 0 bridgehead atoms. The Labute approximate surface area is 117 Å². The number of hydrogen-bond acceptors (Lipinski definition) is 4. The second-order valence-corrected chi connectivity index (χ2v) is 4.54. The number of nitrogens with zero attached hydrogens (tertiary/aromatic N) is 4. The number of hydrogen-bond donors (Lipinski definition) is 1. The van der Waals surface area contributed by atoms with E-state index in [9.17, 15) is 0 Å². The summed E-state index contributed by atoms with van der Waals surface area (Å²) in [6.45, 7) is 2.31. The predicted octanol–water partition coefficient (Wildman–Crippen LogP) is 2.10. The smallest absolute Gasteiger partial charge is 0.251 e. The molecule has 5 nitrogen and oxygen atoms in total. The lowest BCUT2D eigenvalue weighted by Gasteiger charge is -2.03. The maximum atomic E-state index is 5.64. The van der Waals surface area contributed by atoms with E-state index in [0.717, 1.165) is 22.5 Å². The fraction of sp³-hybridized carbons (Fsp3) is 0.133. The topological polar surface area (TPSA) is 69.6 Å². The van der Waals surface area contributed by atoms with Crippen molar-refractivity contribution in [3.63, 3.8) is 0 Å². The highest BCUT2D eigenvalue weighted by Crippen LogP contribution is 2.18. The Kier molecular flexibility index (Phi) is 3.26. The van der Waals surface area contributed by atoms with Crippen molar-refractivity contribution in [2.45, 2.75) is 13.5 Å². The van der Waals surface area contributed by atoms with Gasteiger partial charge in [-0.1, -0.05) is 30.3 Å². The summed E-state index contributed by atoms with van der Waals surface area (Å²) >= 11 is 0. The van der Waals surface area contributed by atoms with E-state index in [4.69, 9.17) is 5.73 Å². The monoisotopic (exact) mass is 265 g/mol. The third-order valence-corrected chi connectivity index (χ3v) is 3.00. The molecule has 2 N–H and O–H groups in total. The van der Waals surface area contributed by atoms with Gasteiger partial charge in [-0.3, -0.25) is 0 Å². The molecule has 0 radical (unpaired) electrons. The highest BCUT2D eigenvalue weighted by atomic mass is 15.3. The SMILES string of the molecule is Cc1cc(CN)nc(-n2cc(-c3ccccc3)cn2)n1. The summed E-state index contributed by atoms with van der Waals surface area (Å²) in [7, 11) is 0. The van der Waals surface area contributed by atoms with E-state index in [1.54, 1.807) is 4.68 Å². The molecule has 1 aromatic carbocycles. The zero-order valence-electron chi connectivity index (χ0n) is 11.2. The molecule has 20 heavy (non-hydrogen) atoms. The number of aryl methyl sites for hydroxylation is 1. The van der Waals surface area contributed by atoms with Crippen LogP contribution in [0.15, 0.2) is 48.8 Å². The second kappa shape index (κ2) is 5.22. The fourth-order valence-electron chi connectivity index (χ4n) is 2.04. The van der Waals surface area contributed by atoms with Gasteiger partial charge in [-0.2, -0.15) is 5.10 Å². The summed E-state index contributed by atoms with van der Waals surface area (Å²) in [4.78, 5) is 8.79. The lowest BCUT2D eigenvalue weighted by Crippen LogP contribution is -2.08. The molecule has 2 heterocycles. The van der Waals surface area contributed by atoms with Crippen LogP contribution < -0.4 is 5.73 Å². The van der Waals surface area contributed by atoms with Crippen LogP contribution in [0.1, 0.15) is 11.4 Å². The number of benzene rings is 1. The molecule has 3 aromatic rings. The maximum Gasteiger partial charge on any atom is 0.251 e. The minimum absolute atomic E-state index is 0.392. The van der Waals surface area contributed by atoms with Gasteiger partial charge in [-0.25, -0.2) is 14.6 Å². The Bertz CT molecular complexity index is 718. The average Bonchev–Trinajstić information content (AvgIpc) is 2.97. The van der Waals surface area contributed by atoms with Gasteiger partial charge in [0.25, 0.3) is 5.95 Å². The van der Waals surface area contributed by atoms with Crippen LogP contribution in [0.4, 0.5) is 0 Å². The van der Waals surface area contributed by atoms with Crippen molar-refractivity contribution >= 4 is 0 Å². The predicted molar refractivity (Wildman–Crippen MR) is 77.2 cm³/mol. The molecule has 0 aliphatic heterocycles. The van der Waals surface area contributed by atoms with Crippen LogP contribution in [0, 0.1) is 6.92 Å². The van der Waals surface area contributed by atoms with Crippen molar-refractivity contribution in [2.75, 3.05) is 0 Å². The molecule has 0 aliphatic rings. The van der Waals surface area contributed by atoms with E-state index in [2.05, 4.69) is 15.1 Å². The fourth-order valence-corrected chi connectivity index (χ4v) is 2.04. The summed E-state index contributed by atoms with van der Waals surface area (Å²) in [5, 5.41) is 4.33. The maximum absolute atomic E-state index is 5.64. The summed E-state index contributed by atoms with van der Waals surface area (Å²) < 4.78 is 1.68. The first-order valence-electron chi connectivity index (χ1n) is 6.41. The number of aromatic nitrogens is 4. The van der Waals surface area contributed by atoms with Crippen molar-refractivity contribution in [3.8, 4) is 17.1 Å². The Morgan fingerprint density at radius 3 is 2.65 bits per heavy atom. The molecule has 2 aromatic heterocycles. The van der Waals surface area contributed by atoms with Crippen LogP contribution in [-0.2, 0) is 6.54 Å².